The average molecular weight is 559 g/mol. The van der Waals surface area contributed by atoms with Crippen molar-refractivity contribution in [2.24, 2.45) is 5.92 Å². The molecule has 40 heavy (non-hydrogen) atoms. The third kappa shape index (κ3) is 6.13. The van der Waals surface area contributed by atoms with E-state index >= 15 is 0 Å². The number of aromatic amines is 1. The van der Waals surface area contributed by atoms with Gasteiger partial charge in [-0.3, -0.25) is 9.78 Å². The first-order valence-electron chi connectivity index (χ1n) is 13.5. The second-order valence-electron chi connectivity index (χ2n) is 10.8. The minimum absolute atomic E-state index is 0.149. The van der Waals surface area contributed by atoms with Gasteiger partial charge in [0.2, 0.25) is 5.91 Å². The van der Waals surface area contributed by atoms with Gasteiger partial charge in [0.15, 0.2) is 0 Å². The van der Waals surface area contributed by atoms with Gasteiger partial charge < -0.3 is 25.4 Å². The second kappa shape index (κ2) is 12.1. The Bertz CT molecular complexity index is 1490. The van der Waals surface area contributed by atoms with E-state index in [-0.39, 0.29) is 17.7 Å². The zero-order valence-corrected chi connectivity index (χ0v) is 23.8. The molecule has 1 aliphatic heterocycles. The fraction of sp³-hybridized carbons (Fsp3) is 0.323. The maximum atomic E-state index is 14.5. The topological polar surface area (TPSA) is 93.4 Å². The quantitative estimate of drug-likeness (QED) is 0.285. The van der Waals surface area contributed by atoms with Crippen LogP contribution in [0.5, 0.6) is 0 Å². The van der Waals surface area contributed by atoms with Gasteiger partial charge in [0.1, 0.15) is 6.04 Å². The molecule has 0 bridgehead atoms. The predicted molar refractivity (Wildman–Crippen MR) is 160 cm³/mol. The first-order valence-corrected chi connectivity index (χ1v) is 13.9. The third-order valence-electron chi connectivity index (χ3n) is 7.54. The fourth-order valence-corrected chi connectivity index (χ4v) is 5.85. The van der Waals surface area contributed by atoms with E-state index in [0.717, 1.165) is 46.2 Å². The van der Waals surface area contributed by atoms with Crippen molar-refractivity contribution in [3.8, 4) is 0 Å². The Balaban J connectivity index is 1.47. The lowest BCUT2D eigenvalue weighted by Gasteiger charge is -2.38. The summed E-state index contributed by atoms with van der Waals surface area (Å²) in [7, 11) is 4.08. The van der Waals surface area contributed by atoms with Gasteiger partial charge in [-0.25, -0.2) is 4.79 Å². The van der Waals surface area contributed by atoms with E-state index in [0.29, 0.717) is 18.1 Å². The summed E-state index contributed by atoms with van der Waals surface area (Å²) in [5.74, 6) is -0.223. The first kappa shape index (κ1) is 27.7. The van der Waals surface area contributed by atoms with Gasteiger partial charge in [-0.15, -0.1) is 0 Å². The third-order valence-corrected chi connectivity index (χ3v) is 7.77. The van der Waals surface area contributed by atoms with Crippen molar-refractivity contribution in [2.75, 3.05) is 32.1 Å². The molecule has 9 heteroatoms. The molecule has 8 nitrogen and oxygen atoms in total. The highest BCUT2D eigenvalue weighted by Crippen LogP contribution is 2.35. The van der Waals surface area contributed by atoms with Gasteiger partial charge in [0.25, 0.3) is 0 Å². The number of pyridine rings is 1. The van der Waals surface area contributed by atoms with Crippen molar-refractivity contribution in [2.45, 2.75) is 31.8 Å². The molecule has 0 radical (unpaired) electrons. The van der Waals surface area contributed by atoms with Gasteiger partial charge in [-0.1, -0.05) is 36.7 Å². The summed E-state index contributed by atoms with van der Waals surface area (Å²) in [6, 6.07) is 16.2. The predicted octanol–water partition coefficient (Wildman–Crippen LogP) is 4.95. The van der Waals surface area contributed by atoms with Crippen LogP contribution in [0.4, 0.5) is 10.5 Å². The lowest BCUT2D eigenvalue weighted by atomic mass is 9.88. The number of H-pyrrole nitrogens is 1. The number of halogens is 1. The monoisotopic (exact) mass is 558 g/mol. The number of aromatic nitrogens is 2. The summed E-state index contributed by atoms with van der Waals surface area (Å²) in [5.41, 5.74) is 4.77. The summed E-state index contributed by atoms with van der Waals surface area (Å²) in [6.45, 7) is 3.71. The van der Waals surface area contributed by atoms with Crippen molar-refractivity contribution < 1.29 is 9.59 Å². The van der Waals surface area contributed by atoms with Gasteiger partial charge in [-0.05, 0) is 79.5 Å². The molecule has 3 N–H and O–H groups in total. The van der Waals surface area contributed by atoms with Crippen LogP contribution in [0.3, 0.4) is 0 Å². The number of nitrogens with one attached hydrogen (secondary N) is 3. The van der Waals surface area contributed by atoms with Crippen molar-refractivity contribution in [3.05, 3.63) is 94.9 Å². The summed E-state index contributed by atoms with van der Waals surface area (Å²) in [4.78, 5) is 39.0. The van der Waals surface area contributed by atoms with E-state index in [9.17, 15) is 9.59 Å². The fourth-order valence-electron chi connectivity index (χ4n) is 5.65. The number of urea groups is 1. The number of fused-ring (bicyclic) bond motifs is 2. The first-order chi connectivity index (χ1) is 19.3. The molecule has 0 aliphatic carbocycles. The normalized spacial score (nSPS) is 16.4. The highest BCUT2D eigenvalue weighted by molar-refractivity contribution is 6.30. The molecule has 2 unspecified atom stereocenters. The molecular weight excluding hydrogens is 524 g/mol. The lowest BCUT2D eigenvalue weighted by Crippen LogP contribution is -2.55. The molecule has 3 heterocycles. The standard InChI is InChI=1S/C31H35ClN6O2/c1-20(26-17-34-27-7-5-4-6-25(26)27)29(36-31(40)35-16-21-10-12-33-13-11-21)30(39)38-19-22(18-37(2)3)14-23-15-24(32)8-9-28(23)38/h4-13,15,17,20,22,29,34H,14,16,18-19H2,1-3H3,(H2,35,36,40)/t20?,22-,29?/m1/s1. The Morgan fingerprint density at radius 1 is 1.15 bits per heavy atom. The molecule has 208 valence electrons. The Morgan fingerprint density at radius 2 is 1.93 bits per heavy atom. The Hall–Kier alpha value is -3.88. The molecule has 0 saturated heterocycles. The van der Waals surface area contributed by atoms with Crippen LogP contribution in [-0.4, -0.2) is 60.0 Å². The van der Waals surface area contributed by atoms with Crippen LogP contribution in [0.1, 0.15) is 29.5 Å². The zero-order chi connectivity index (χ0) is 28.2. The van der Waals surface area contributed by atoms with Crippen molar-refractivity contribution in [1.82, 2.24) is 25.5 Å². The summed E-state index contributed by atoms with van der Waals surface area (Å²) in [6.07, 6.45) is 6.14. The van der Waals surface area contributed by atoms with Crippen LogP contribution >= 0.6 is 11.6 Å². The molecule has 0 saturated carbocycles. The molecule has 3 atom stereocenters. The number of hydrogen-bond acceptors (Lipinski definition) is 4. The summed E-state index contributed by atoms with van der Waals surface area (Å²) in [5, 5.41) is 7.61. The number of nitrogens with zero attached hydrogens (tertiary/aromatic N) is 3. The lowest BCUT2D eigenvalue weighted by molar-refractivity contribution is -0.121. The SMILES string of the molecule is CC(c1c[nH]c2ccccc12)C(NC(=O)NCc1ccncc1)C(=O)N1C[C@@H](CN(C)C)Cc2cc(Cl)ccc21. The Morgan fingerprint density at radius 3 is 2.70 bits per heavy atom. The second-order valence-corrected chi connectivity index (χ2v) is 11.2. The van der Waals surface area contributed by atoms with Crippen molar-refractivity contribution >= 4 is 40.1 Å². The number of carbonyl (C=O) groups is 2. The zero-order valence-electron chi connectivity index (χ0n) is 23.0. The molecule has 4 aromatic rings. The van der Waals surface area contributed by atoms with Crippen molar-refractivity contribution in [3.63, 3.8) is 0 Å². The largest absolute Gasteiger partial charge is 0.361 e. The van der Waals surface area contributed by atoms with E-state index in [1.165, 1.54) is 0 Å². The molecule has 0 fully saturated rings. The molecule has 0 spiro atoms. The minimum Gasteiger partial charge on any atom is -0.361 e. The molecule has 5 rings (SSSR count). The summed E-state index contributed by atoms with van der Waals surface area (Å²) < 4.78 is 0. The highest BCUT2D eigenvalue weighted by Gasteiger charge is 2.37. The molecule has 1 aliphatic rings. The minimum atomic E-state index is -0.807. The molecule has 2 aromatic heterocycles. The van der Waals surface area contributed by atoms with Gasteiger partial charge in [-0.2, -0.15) is 0 Å². The van der Waals surface area contributed by atoms with Crippen LogP contribution in [-0.2, 0) is 17.8 Å². The van der Waals surface area contributed by atoms with Crippen LogP contribution in [0.15, 0.2) is 73.2 Å². The number of rotatable bonds is 8. The highest BCUT2D eigenvalue weighted by atomic mass is 35.5. The van der Waals surface area contributed by atoms with Crippen LogP contribution in [0, 0.1) is 5.92 Å². The molecular formula is C31H35ClN6O2. The smallest absolute Gasteiger partial charge is 0.315 e. The van der Waals surface area contributed by atoms with E-state index in [4.69, 9.17) is 11.6 Å². The van der Waals surface area contributed by atoms with E-state index < -0.39 is 12.1 Å². The van der Waals surface area contributed by atoms with Crippen LogP contribution < -0.4 is 15.5 Å². The molecule has 3 amide bonds. The summed E-state index contributed by atoms with van der Waals surface area (Å²) >= 11 is 6.36. The van der Waals surface area contributed by atoms with E-state index in [1.807, 2.05) is 86.7 Å². The number of carbonyl (C=O) groups excluding carboxylic acids is 2. The van der Waals surface area contributed by atoms with Crippen LogP contribution in [0.2, 0.25) is 5.02 Å². The van der Waals surface area contributed by atoms with Gasteiger partial charge in [0.05, 0.1) is 0 Å². The number of benzene rings is 2. The molecule has 2 aromatic carbocycles. The Kier molecular flexibility index (Phi) is 8.38. The number of anilines is 1. The maximum Gasteiger partial charge on any atom is 0.315 e. The van der Waals surface area contributed by atoms with E-state index in [1.54, 1.807) is 12.4 Å². The van der Waals surface area contributed by atoms with Gasteiger partial charge in [0, 0.05) is 65.8 Å². The maximum absolute atomic E-state index is 14.5. The number of amides is 3. The van der Waals surface area contributed by atoms with Crippen molar-refractivity contribution in [1.29, 1.82) is 0 Å². The number of para-hydroxylation sites is 1. The number of hydrogen-bond donors (Lipinski definition) is 3. The van der Waals surface area contributed by atoms with Gasteiger partial charge >= 0.3 is 6.03 Å². The van der Waals surface area contributed by atoms with E-state index in [2.05, 4.69) is 25.5 Å². The van der Waals surface area contributed by atoms with Crippen LogP contribution in [0.25, 0.3) is 10.9 Å². The average Bonchev–Trinajstić information content (AvgIpc) is 3.38. The Labute approximate surface area is 239 Å².